The number of carbonyl (C=O) groups is 3. The van der Waals surface area contributed by atoms with Crippen LogP contribution in [0.15, 0.2) is 60.7 Å². The van der Waals surface area contributed by atoms with Gasteiger partial charge in [0, 0.05) is 4.75 Å². The molecule has 2 aliphatic heterocycles. The molecule has 0 spiro atoms. The van der Waals surface area contributed by atoms with Crippen molar-refractivity contribution in [3.63, 3.8) is 0 Å². The highest BCUT2D eigenvalue weighted by molar-refractivity contribution is 8.01. The summed E-state index contributed by atoms with van der Waals surface area (Å²) in [6, 6.07) is 17.3. The number of ether oxygens (including phenoxy) is 2. The number of hydrogen-bond acceptors (Lipinski definition) is 6. The number of esters is 1. The summed E-state index contributed by atoms with van der Waals surface area (Å²) in [4.78, 5) is 39.3. The minimum absolute atomic E-state index is 0.120. The lowest BCUT2D eigenvalue weighted by atomic mass is 9.96. The van der Waals surface area contributed by atoms with Gasteiger partial charge >= 0.3 is 12.1 Å². The van der Waals surface area contributed by atoms with Gasteiger partial charge in [0.05, 0.1) is 0 Å². The van der Waals surface area contributed by atoms with Crippen LogP contribution >= 0.6 is 11.8 Å². The van der Waals surface area contributed by atoms with Crippen molar-refractivity contribution in [3.05, 3.63) is 71.8 Å². The zero-order valence-electron chi connectivity index (χ0n) is 17.3. The summed E-state index contributed by atoms with van der Waals surface area (Å²) in [5.74, 6) is -0.747. The molecule has 0 bridgehead atoms. The number of fused-ring (bicyclic) bond motifs is 1. The van der Waals surface area contributed by atoms with Crippen LogP contribution < -0.4 is 5.32 Å². The van der Waals surface area contributed by atoms with Gasteiger partial charge in [-0.25, -0.2) is 9.59 Å². The number of carbonyl (C=O) groups excluding carboxylic acids is 3. The molecule has 0 saturated carbocycles. The van der Waals surface area contributed by atoms with Crippen molar-refractivity contribution >= 4 is 29.7 Å². The Morgan fingerprint density at radius 2 is 1.52 bits per heavy atom. The van der Waals surface area contributed by atoms with Crippen molar-refractivity contribution in [2.75, 3.05) is 0 Å². The molecule has 2 aliphatic rings. The smallest absolute Gasteiger partial charge is 0.408 e. The molecule has 7 nitrogen and oxygen atoms in total. The number of nitrogens with one attached hydrogen (secondary N) is 1. The van der Waals surface area contributed by atoms with Crippen LogP contribution in [0.25, 0.3) is 0 Å². The molecule has 8 heteroatoms. The van der Waals surface area contributed by atoms with E-state index in [1.54, 1.807) is 0 Å². The van der Waals surface area contributed by atoms with Crippen molar-refractivity contribution in [3.8, 4) is 0 Å². The van der Waals surface area contributed by atoms with Crippen LogP contribution in [0.3, 0.4) is 0 Å². The Morgan fingerprint density at radius 1 is 0.968 bits per heavy atom. The van der Waals surface area contributed by atoms with Gasteiger partial charge in [-0.2, -0.15) is 0 Å². The maximum atomic E-state index is 12.8. The highest BCUT2D eigenvalue weighted by Crippen LogP contribution is 2.51. The van der Waals surface area contributed by atoms with Crippen molar-refractivity contribution < 1.29 is 23.9 Å². The summed E-state index contributed by atoms with van der Waals surface area (Å²) < 4.78 is 10.2. The Labute approximate surface area is 185 Å². The molecular formula is C23H24N2O5S. The third-order valence-corrected chi connectivity index (χ3v) is 6.95. The highest BCUT2D eigenvalue weighted by Gasteiger charge is 2.64. The predicted octanol–water partition coefficient (Wildman–Crippen LogP) is 3.09. The molecule has 2 fully saturated rings. The molecule has 2 aromatic carbocycles. The number of rotatable bonds is 6. The summed E-state index contributed by atoms with van der Waals surface area (Å²) >= 11 is 1.48. The molecule has 2 aromatic rings. The van der Waals surface area contributed by atoms with Gasteiger partial charge in [-0.05, 0) is 25.0 Å². The third kappa shape index (κ3) is 4.39. The van der Waals surface area contributed by atoms with Crippen molar-refractivity contribution in [1.29, 1.82) is 0 Å². The average molecular weight is 441 g/mol. The maximum Gasteiger partial charge on any atom is 0.408 e. The van der Waals surface area contributed by atoms with Gasteiger partial charge in [0.25, 0.3) is 0 Å². The van der Waals surface area contributed by atoms with Crippen LogP contribution in [0.4, 0.5) is 4.79 Å². The normalized spacial score (nSPS) is 23.5. The molecule has 31 heavy (non-hydrogen) atoms. The number of alkyl carbamates (subject to hydrolysis) is 1. The summed E-state index contributed by atoms with van der Waals surface area (Å²) in [5.41, 5.74) is 1.74. The molecule has 0 aromatic heterocycles. The fourth-order valence-corrected chi connectivity index (χ4v) is 5.45. The zero-order chi connectivity index (χ0) is 22.0. The summed E-state index contributed by atoms with van der Waals surface area (Å²) in [5, 5.41) is 2.31. The molecule has 3 atom stereocenters. The van der Waals surface area contributed by atoms with Gasteiger partial charge < -0.3 is 19.7 Å². The fraction of sp³-hybridized carbons (Fsp3) is 0.348. The van der Waals surface area contributed by atoms with E-state index < -0.39 is 28.9 Å². The molecular weight excluding hydrogens is 416 g/mol. The molecule has 0 radical (unpaired) electrons. The van der Waals surface area contributed by atoms with Crippen molar-refractivity contribution in [2.24, 2.45) is 0 Å². The van der Waals surface area contributed by atoms with Gasteiger partial charge in [-0.1, -0.05) is 60.7 Å². The topological polar surface area (TPSA) is 84.9 Å². The third-order valence-electron chi connectivity index (χ3n) is 5.37. The van der Waals surface area contributed by atoms with Crippen LogP contribution in [-0.2, 0) is 32.3 Å². The first kappa shape index (κ1) is 21.2. The Kier molecular flexibility index (Phi) is 5.91. The van der Waals surface area contributed by atoms with E-state index in [0.717, 1.165) is 11.1 Å². The molecule has 162 valence electrons. The first-order valence-corrected chi connectivity index (χ1v) is 10.9. The Hall–Kier alpha value is -3.00. The van der Waals surface area contributed by atoms with Gasteiger partial charge in [-0.3, -0.25) is 4.79 Å². The maximum absolute atomic E-state index is 12.8. The molecule has 2 heterocycles. The van der Waals surface area contributed by atoms with Gasteiger partial charge in [0.2, 0.25) is 5.91 Å². The summed E-state index contributed by atoms with van der Waals surface area (Å²) in [6.45, 7) is 4.08. The average Bonchev–Trinajstić information content (AvgIpc) is 3.03. The van der Waals surface area contributed by atoms with Crippen molar-refractivity contribution in [1.82, 2.24) is 10.2 Å². The van der Waals surface area contributed by atoms with Crippen LogP contribution in [0.5, 0.6) is 0 Å². The largest absolute Gasteiger partial charge is 0.459 e. The molecule has 1 N–H and O–H groups in total. The second-order valence-electron chi connectivity index (χ2n) is 8.04. The Morgan fingerprint density at radius 3 is 2.10 bits per heavy atom. The summed E-state index contributed by atoms with van der Waals surface area (Å²) in [7, 11) is 0. The molecule has 0 unspecified atom stereocenters. The molecule has 4 rings (SSSR count). The number of amides is 2. The molecule has 2 amide bonds. The predicted molar refractivity (Wildman–Crippen MR) is 116 cm³/mol. The van der Waals surface area contributed by atoms with Crippen LogP contribution in [0, 0.1) is 0 Å². The number of nitrogens with zero attached hydrogens (tertiary/aromatic N) is 1. The lowest BCUT2D eigenvalue weighted by molar-refractivity contribution is -0.164. The number of thioether (sulfide) groups is 1. The molecule has 2 saturated heterocycles. The lowest BCUT2D eigenvalue weighted by Crippen LogP contribution is -2.70. The van der Waals surface area contributed by atoms with E-state index in [1.807, 2.05) is 74.5 Å². The van der Waals surface area contributed by atoms with E-state index in [9.17, 15) is 14.4 Å². The van der Waals surface area contributed by atoms with E-state index in [0.29, 0.717) is 0 Å². The first-order chi connectivity index (χ1) is 14.9. The monoisotopic (exact) mass is 440 g/mol. The number of benzene rings is 2. The number of β-lactam (4-membered cyclic amide) rings is 1. The van der Waals surface area contributed by atoms with Crippen LogP contribution in [0.2, 0.25) is 0 Å². The summed E-state index contributed by atoms with van der Waals surface area (Å²) in [6.07, 6.45) is -0.657. The SMILES string of the molecule is CC1(C)S[C@@H]2[C@H](NC(=O)OCc3ccccc3)C(=O)N2[C@H]1C(=O)OCc1ccccc1. The van der Waals surface area contributed by atoms with Gasteiger partial charge in [0.15, 0.2) is 0 Å². The lowest BCUT2D eigenvalue weighted by Gasteiger charge is -2.43. The first-order valence-electron chi connectivity index (χ1n) is 10.0. The second-order valence-corrected chi connectivity index (χ2v) is 9.81. The fourth-order valence-electron chi connectivity index (χ4n) is 3.83. The highest BCUT2D eigenvalue weighted by atomic mass is 32.2. The van der Waals surface area contributed by atoms with E-state index in [4.69, 9.17) is 9.47 Å². The van der Waals surface area contributed by atoms with Gasteiger partial charge in [0.1, 0.15) is 30.7 Å². The van der Waals surface area contributed by atoms with E-state index >= 15 is 0 Å². The zero-order valence-corrected chi connectivity index (χ0v) is 18.1. The second kappa shape index (κ2) is 8.63. The van der Waals surface area contributed by atoms with Crippen LogP contribution in [0.1, 0.15) is 25.0 Å². The number of hydrogen-bond donors (Lipinski definition) is 1. The minimum Gasteiger partial charge on any atom is -0.459 e. The minimum atomic E-state index is -0.723. The Bertz CT molecular complexity index is 966. The molecule has 0 aliphatic carbocycles. The standard InChI is InChI=1S/C23H24N2O5S/c1-23(2)18(21(27)29-13-15-9-5-3-6-10-15)25-19(26)17(20(25)31-23)24-22(28)30-14-16-11-7-4-8-12-16/h3-12,17-18,20H,13-14H2,1-2H3,(H,24,28)/t17-,18+,20-/m1/s1. The van der Waals surface area contributed by atoms with E-state index in [-0.39, 0.29) is 24.5 Å². The van der Waals surface area contributed by atoms with Crippen molar-refractivity contribution in [2.45, 2.75) is 49.3 Å². The Balaban J connectivity index is 1.34. The van der Waals surface area contributed by atoms with Crippen LogP contribution in [-0.4, -0.2) is 45.1 Å². The van der Waals surface area contributed by atoms with E-state index in [1.165, 1.54) is 16.7 Å². The van der Waals surface area contributed by atoms with Gasteiger partial charge in [-0.15, -0.1) is 11.8 Å². The quantitative estimate of drug-likeness (QED) is 0.549. The van der Waals surface area contributed by atoms with E-state index in [2.05, 4.69) is 5.32 Å².